The van der Waals surface area contributed by atoms with Gasteiger partial charge in [-0.1, -0.05) is 17.7 Å². The van der Waals surface area contributed by atoms with Gasteiger partial charge < -0.3 is 15.5 Å². The van der Waals surface area contributed by atoms with Crippen molar-refractivity contribution >= 4 is 11.8 Å². The van der Waals surface area contributed by atoms with E-state index in [1.54, 1.807) is 7.05 Å². The SMILES string of the molecule is CNC(=O)[C@H]1CN(C)C[C@@H]1NC(=O)c1ccc(C)cc1C. The fourth-order valence-electron chi connectivity index (χ4n) is 2.91. The Balaban J connectivity index is 2.12. The Labute approximate surface area is 125 Å². The summed E-state index contributed by atoms with van der Waals surface area (Å²) < 4.78 is 0. The molecule has 1 heterocycles. The predicted molar refractivity (Wildman–Crippen MR) is 82.2 cm³/mol. The summed E-state index contributed by atoms with van der Waals surface area (Å²) in [6.07, 6.45) is 0. The topological polar surface area (TPSA) is 61.4 Å². The summed E-state index contributed by atoms with van der Waals surface area (Å²) in [5.41, 5.74) is 2.76. The van der Waals surface area contributed by atoms with Crippen LogP contribution in [0.1, 0.15) is 21.5 Å². The number of likely N-dealkylation sites (N-methyl/N-ethyl adjacent to an activating group) is 1. The number of carbonyl (C=O) groups excluding carboxylic acids is 2. The van der Waals surface area contributed by atoms with Crippen molar-refractivity contribution in [2.45, 2.75) is 19.9 Å². The van der Waals surface area contributed by atoms with E-state index in [0.29, 0.717) is 18.7 Å². The molecule has 2 amide bonds. The van der Waals surface area contributed by atoms with Gasteiger partial charge in [0.2, 0.25) is 5.91 Å². The summed E-state index contributed by atoms with van der Waals surface area (Å²) in [5, 5.41) is 5.68. The minimum atomic E-state index is -0.199. The van der Waals surface area contributed by atoms with E-state index in [9.17, 15) is 9.59 Å². The zero-order valence-corrected chi connectivity index (χ0v) is 13.1. The Bertz CT molecular complexity index is 556. The summed E-state index contributed by atoms with van der Waals surface area (Å²) in [5.74, 6) is -0.332. The summed E-state index contributed by atoms with van der Waals surface area (Å²) in [6.45, 7) is 5.29. The van der Waals surface area contributed by atoms with Gasteiger partial charge >= 0.3 is 0 Å². The molecule has 1 aliphatic rings. The number of amides is 2. The molecule has 5 heteroatoms. The highest BCUT2D eigenvalue weighted by molar-refractivity contribution is 5.96. The van der Waals surface area contributed by atoms with Crippen molar-refractivity contribution in [3.63, 3.8) is 0 Å². The minimum Gasteiger partial charge on any atom is -0.359 e. The highest BCUT2D eigenvalue weighted by Crippen LogP contribution is 2.17. The number of hydrogen-bond donors (Lipinski definition) is 2. The van der Waals surface area contributed by atoms with E-state index in [2.05, 4.69) is 15.5 Å². The first kappa shape index (κ1) is 15.5. The molecule has 0 saturated carbocycles. The maximum atomic E-state index is 12.4. The fourth-order valence-corrected chi connectivity index (χ4v) is 2.91. The normalized spacial score (nSPS) is 22.1. The first-order chi connectivity index (χ1) is 9.92. The van der Waals surface area contributed by atoms with E-state index in [0.717, 1.165) is 11.1 Å². The van der Waals surface area contributed by atoms with E-state index in [4.69, 9.17) is 0 Å². The molecule has 2 N–H and O–H groups in total. The average Bonchev–Trinajstić information content (AvgIpc) is 2.78. The highest BCUT2D eigenvalue weighted by Gasteiger charge is 2.36. The molecule has 1 aliphatic heterocycles. The van der Waals surface area contributed by atoms with E-state index >= 15 is 0 Å². The molecule has 2 rings (SSSR count). The fraction of sp³-hybridized carbons (Fsp3) is 0.500. The molecule has 0 bridgehead atoms. The standard InChI is InChI=1S/C16H23N3O2/c1-10-5-6-12(11(2)7-10)16(21)18-14-9-19(4)8-13(14)15(20)17-3/h5-7,13-14H,8-9H2,1-4H3,(H,17,20)(H,18,21)/t13-,14-/m0/s1. The lowest BCUT2D eigenvalue weighted by Gasteiger charge is -2.19. The Morgan fingerprint density at radius 2 is 1.95 bits per heavy atom. The van der Waals surface area contributed by atoms with Crippen LogP contribution in [-0.2, 0) is 4.79 Å². The van der Waals surface area contributed by atoms with Gasteiger partial charge in [0, 0.05) is 25.7 Å². The molecule has 0 aromatic heterocycles. The van der Waals surface area contributed by atoms with Gasteiger partial charge in [-0.15, -0.1) is 0 Å². The third kappa shape index (κ3) is 3.42. The second-order valence-corrected chi connectivity index (χ2v) is 5.84. The van der Waals surface area contributed by atoms with E-state index in [-0.39, 0.29) is 23.8 Å². The first-order valence-corrected chi connectivity index (χ1v) is 7.20. The summed E-state index contributed by atoms with van der Waals surface area (Å²) in [4.78, 5) is 26.4. The number of rotatable bonds is 3. The Kier molecular flexibility index (Phi) is 4.63. The molecule has 2 atom stereocenters. The molecule has 1 fully saturated rings. The van der Waals surface area contributed by atoms with Crippen LogP contribution in [0, 0.1) is 19.8 Å². The van der Waals surface area contributed by atoms with Gasteiger partial charge in [0.05, 0.1) is 12.0 Å². The molecule has 0 radical (unpaired) electrons. The number of nitrogens with zero attached hydrogens (tertiary/aromatic N) is 1. The lowest BCUT2D eigenvalue weighted by atomic mass is 10.0. The van der Waals surface area contributed by atoms with Crippen LogP contribution in [0.4, 0.5) is 0 Å². The molecule has 114 valence electrons. The number of benzene rings is 1. The van der Waals surface area contributed by atoms with Crippen LogP contribution >= 0.6 is 0 Å². The number of likely N-dealkylation sites (tertiary alicyclic amines) is 1. The van der Waals surface area contributed by atoms with Crippen molar-refractivity contribution in [1.29, 1.82) is 0 Å². The smallest absolute Gasteiger partial charge is 0.251 e. The molecular weight excluding hydrogens is 266 g/mol. The number of carbonyl (C=O) groups is 2. The van der Waals surface area contributed by atoms with E-state index in [1.807, 2.05) is 39.1 Å². The quantitative estimate of drug-likeness (QED) is 0.861. The van der Waals surface area contributed by atoms with Gasteiger partial charge in [0.15, 0.2) is 0 Å². The van der Waals surface area contributed by atoms with Crippen molar-refractivity contribution in [3.05, 3.63) is 34.9 Å². The second-order valence-electron chi connectivity index (χ2n) is 5.84. The van der Waals surface area contributed by atoms with Gasteiger partial charge in [-0.3, -0.25) is 9.59 Å². The predicted octanol–water partition coefficient (Wildman–Crippen LogP) is 0.709. The van der Waals surface area contributed by atoms with Gasteiger partial charge in [-0.05, 0) is 32.5 Å². The Morgan fingerprint density at radius 3 is 2.57 bits per heavy atom. The van der Waals surface area contributed by atoms with Crippen molar-refractivity contribution in [2.75, 3.05) is 27.2 Å². The molecule has 1 aromatic rings. The largest absolute Gasteiger partial charge is 0.359 e. The number of hydrogen-bond acceptors (Lipinski definition) is 3. The maximum Gasteiger partial charge on any atom is 0.251 e. The number of nitrogens with one attached hydrogen (secondary N) is 2. The molecule has 0 unspecified atom stereocenters. The molecule has 21 heavy (non-hydrogen) atoms. The van der Waals surface area contributed by atoms with Crippen molar-refractivity contribution < 1.29 is 9.59 Å². The third-order valence-electron chi connectivity index (χ3n) is 4.03. The van der Waals surface area contributed by atoms with Crippen LogP contribution in [0.25, 0.3) is 0 Å². The Morgan fingerprint density at radius 1 is 1.24 bits per heavy atom. The van der Waals surface area contributed by atoms with Crippen LogP contribution in [0.5, 0.6) is 0 Å². The van der Waals surface area contributed by atoms with Gasteiger partial charge in [-0.25, -0.2) is 0 Å². The molecular formula is C16H23N3O2. The average molecular weight is 289 g/mol. The molecule has 5 nitrogen and oxygen atoms in total. The molecule has 0 spiro atoms. The first-order valence-electron chi connectivity index (χ1n) is 7.20. The van der Waals surface area contributed by atoms with Crippen LogP contribution in [0.15, 0.2) is 18.2 Å². The summed E-state index contributed by atoms with van der Waals surface area (Å²) in [7, 11) is 3.59. The lowest BCUT2D eigenvalue weighted by molar-refractivity contribution is -0.124. The monoisotopic (exact) mass is 289 g/mol. The molecule has 1 aromatic carbocycles. The maximum absolute atomic E-state index is 12.4. The van der Waals surface area contributed by atoms with Crippen molar-refractivity contribution in [1.82, 2.24) is 15.5 Å². The zero-order valence-electron chi connectivity index (χ0n) is 13.1. The summed E-state index contributed by atoms with van der Waals surface area (Å²) >= 11 is 0. The van der Waals surface area contributed by atoms with Crippen LogP contribution in [0.2, 0.25) is 0 Å². The Hall–Kier alpha value is -1.88. The molecule has 0 aliphatic carbocycles. The lowest BCUT2D eigenvalue weighted by Crippen LogP contribution is -2.45. The summed E-state index contributed by atoms with van der Waals surface area (Å²) in [6, 6.07) is 5.61. The molecule has 1 saturated heterocycles. The highest BCUT2D eigenvalue weighted by atomic mass is 16.2. The van der Waals surface area contributed by atoms with Crippen molar-refractivity contribution in [3.8, 4) is 0 Å². The van der Waals surface area contributed by atoms with Gasteiger partial charge in [0.25, 0.3) is 5.91 Å². The third-order valence-corrected chi connectivity index (χ3v) is 4.03. The van der Waals surface area contributed by atoms with Crippen LogP contribution < -0.4 is 10.6 Å². The van der Waals surface area contributed by atoms with Gasteiger partial charge in [0.1, 0.15) is 0 Å². The van der Waals surface area contributed by atoms with E-state index in [1.165, 1.54) is 0 Å². The van der Waals surface area contributed by atoms with Crippen LogP contribution in [0.3, 0.4) is 0 Å². The van der Waals surface area contributed by atoms with E-state index < -0.39 is 0 Å². The number of aryl methyl sites for hydroxylation is 2. The second kappa shape index (κ2) is 6.26. The van der Waals surface area contributed by atoms with Crippen LogP contribution in [-0.4, -0.2) is 49.9 Å². The zero-order chi connectivity index (χ0) is 15.6. The van der Waals surface area contributed by atoms with Gasteiger partial charge in [-0.2, -0.15) is 0 Å². The van der Waals surface area contributed by atoms with Crippen molar-refractivity contribution in [2.24, 2.45) is 5.92 Å². The minimum absolute atomic E-state index is 0.0229.